The van der Waals surface area contributed by atoms with Crippen molar-refractivity contribution in [3.05, 3.63) is 6.20 Å². The Hall–Kier alpha value is -2.58. The Bertz CT molecular complexity index is 706. The summed E-state index contributed by atoms with van der Waals surface area (Å²) in [6.45, 7) is 3.51. The minimum atomic E-state index is -0.247. The first-order valence-electron chi connectivity index (χ1n) is 7.72. The van der Waals surface area contributed by atoms with E-state index in [1.54, 1.807) is 15.8 Å². The summed E-state index contributed by atoms with van der Waals surface area (Å²) < 4.78 is 6.69. The third kappa shape index (κ3) is 3.13. The van der Waals surface area contributed by atoms with Crippen LogP contribution in [0.25, 0.3) is 11.0 Å². The molecule has 1 aliphatic heterocycles. The molecule has 2 aromatic heterocycles. The second kappa shape index (κ2) is 6.27. The van der Waals surface area contributed by atoms with Crippen molar-refractivity contribution in [1.82, 2.24) is 24.6 Å². The number of aryl methyl sites for hydroxylation is 1. The largest absolute Gasteiger partial charge is 0.450 e. The molecule has 124 valence electrons. The minimum Gasteiger partial charge on any atom is -0.450 e. The summed E-state index contributed by atoms with van der Waals surface area (Å²) in [5, 5.41) is 8.19. The van der Waals surface area contributed by atoms with Gasteiger partial charge in [-0.15, -0.1) is 0 Å². The molecule has 3 heterocycles. The van der Waals surface area contributed by atoms with E-state index < -0.39 is 0 Å². The van der Waals surface area contributed by atoms with Gasteiger partial charge < -0.3 is 20.7 Å². The predicted octanol–water partition coefficient (Wildman–Crippen LogP) is 0.978. The van der Waals surface area contributed by atoms with Crippen LogP contribution in [0.2, 0.25) is 0 Å². The van der Waals surface area contributed by atoms with Gasteiger partial charge >= 0.3 is 6.09 Å². The highest BCUT2D eigenvalue weighted by Crippen LogP contribution is 2.20. The Kier molecular flexibility index (Phi) is 4.18. The van der Waals surface area contributed by atoms with E-state index in [0.717, 1.165) is 18.2 Å². The van der Waals surface area contributed by atoms with Crippen molar-refractivity contribution >= 4 is 28.9 Å². The third-order valence-electron chi connectivity index (χ3n) is 3.98. The molecule has 0 bridgehead atoms. The van der Waals surface area contributed by atoms with Crippen LogP contribution < -0.4 is 11.1 Å². The zero-order valence-corrected chi connectivity index (χ0v) is 13.3. The monoisotopic (exact) mass is 319 g/mol. The zero-order valence-electron chi connectivity index (χ0n) is 13.3. The number of hydrogen-bond acceptors (Lipinski definition) is 7. The number of nitrogens with zero attached hydrogens (tertiary/aromatic N) is 5. The van der Waals surface area contributed by atoms with E-state index in [-0.39, 0.29) is 12.1 Å². The first kappa shape index (κ1) is 15.3. The molecule has 3 rings (SSSR count). The molecule has 0 saturated carbocycles. The number of ether oxygens (including phenoxy) is 1. The summed E-state index contributed by atoms with van der Waals surface area (Å²) in [6.07, 6.45) is 3.03. The summed E-state index contributed by atoms with van der Waals surface area (Å²) in [6, 6.07) is 0.200. The molecule has 9 heteroatoms. The lowest BCUT2D eigenvalue weighted by atomic mass is 10.1. The first-order valence-corrected chi connectivity index (χ1v) is 7.72. The van der Waals surface area contributed by atoms with Crippen LogP contribution in [0.15, 0.2) is 6.20 Å². The van der Waals surface area contributed by atoms with Gasteiger partial charge in [0.05, 0.1) is 18.2 Å². The van der Waals surface area contributed by atoms with E-state index in [9.17, 15) is 4.79 Å². The van der Waals surface area contributed by atoms with Gasteiger partial charge in [0.15, 0.2) is 5.65 Å². The maximum atomic E-state index is 11.7. The van der Waals surface area contributed by atoms with Gasteiger partial charge in [-0.25, -0.2) is 4.79 Å². The molecule has 1 amide bonds. The minimum absolute atomic E-state index is 0.200. The lowest BCUT2D eigenvalue weighted by Crippen LogP contribution is -2.42. The smallest absolute Gasteiger partial charge is 0.409 e. The molecule has 2 aromatic rings. The van der Waals surface area contributed by atoms with E-state index in [2.05, 4.69) is 20.4 Å². The van der Waals surface area contributed by atoms with Gasteiger partial charge in [0.2, 0.25) is 5.95 Å². The topological polar surface area (TPSA) is 111 Å². The quantitative estimate of drug-likeness (QED) is 0.867. The standard InChI is InChI=1S/C14H21N7O2/c1-3-23-14(22)21-6-4-9(5-7-21)17-13-18-11(15)10-8-16-20(2)12(10)19-13/h8-9H,3-7H2,1-2H3,(H3,15,17,18,19). The van der Waals surface area contributed by atoms with Crippen molar-refractivity contribution in [3.63, 3.8) is 0 Å². The number of amides is 1. The lowest BCUT2D eigenvalue weighted by molar-refractivity contribution is 0.0983. The number of nitrogen functional groups attached to an aromatic ring is 1. The van der Waals surface area contributed by atoms with Crippen LogP contribution in [0, 0.1) is 0 Å². The molecule has 1 saturated heterocycles. The first-order chi connectivity index (χ1) is 11.1. The van der Waals surface area contributed by atoms with Gasteiger partial charge in [0.1, 0.15) is 5.82 Å². The molecule has 1 fully saturated rings. The predicted molar refractivity (Wildman–Crippen MR) is 86.0 cm³/mol. The number of anilines is 2. The van der Waals surface area contributed by atoms with Crippen molar-refractivity contribution in [1.29, 1.82) is 0 Å². The number of carbonyl (C=O) groups excluding carboxylic acids is 1. The van der Waals surface area contributed by atoms with Gasteiger partial charge in [0.25, 0.3) is 0 Å². The fourth-order valence-corrected chi connectivity index (χ4v) is 2.71. The van der Waals surface area contributed by atoms with Crippen LogP contribution in [0.5, 0.6) is 0 Å². The van der Waals surface area contributed by atoms with E-state index in [1.807, 2.05) is 14.0 Å². The molecular formula is C14H21N7O2. The van der Waals surface area contributed by atoms with Crippen molar-refractivity contribution in [2.75, 3.05) is 30.7 Å². The molecule has 0 atom stereocenters. The maximum absolute atomic E-state index is 11.7. The highest BCUT2D eigenvalue weighted by molar-refractivity contribution is 5.86. The maximum Gasteiger partial charge on any atom is 0.409 e. The average Bonchev–Trinajstić information content (AvgIpc) is 2.90. The highest BCUT2D eigenvalue weighted by Gasteiger charge is 2.24. The number of nitrogens with two attached hydrogens (primary N) is 1. The van der Waals surface area contributed by atoms with Crippen molar-refractivity contribution in [2.24, 2.45) is 7.05 Å². The van der Waals surface area contributed by atoms with Gasteiger partial charge in [-0.3, -0.25) is 4.68 Å². The Morgan fingerprint density at radius 1 is 1.43 bits per heavy atom. The molecule has 0 spiro atoms. The van der Waals surface area contributed by atoms with Gasteiger partial charge in [-0.2, -0.15) is 15.1 Å². The summed E-state index contributed by atoms with van der Waals surface area (Å²) in [5.74, 6) is 0.905. The number of fused-ring (bicyclic) bond motifs is 1. The Balaban J connectivity index is 1.65. The summed E-state index contributed by atoms with van der Waals surface area (Å²) >= 11 is 0. The van der Waals surface area contributed by atoms with Crippen LogP contribution in [0.3, 0.4) is 0 Å². The van der Waals surface area contributed by atoms with Crippen molar-refractivity contribution in [3.8, 4) is 0 Å². The number of nitrogens with one attached hydrogen (secondary N) is 1. The molecule has 0 aromatic carbocycles. The molecule has 23 heavy (non-hydrogen) atoms. The van der Waals surface area contributed by atoms with Crippen LogP contribution in [0.4, 0.5) is 16.6 Å². The number of aromatic nitrogens is 4. The van der Waals surface area contributed by atoms with Crippen LogP contribution in [0.1, 0.15) is 19.8 Å². The number of likely N-dealkylation sites (tertiary alicyclic amines) is 1. The number of piperidine rings is 1. The van der Waals surface area contributed by atoms with E-state index in [4.69, 9.17) is 10.5 Å². The fraction of sp³-hybridized carbons (Fsp3) is 0.571. The van der Waals surface area contributed by atoms with Crippen LogP contribution >= 0.6 is 0 Å². The number of hydrogen-bond donors (Lipinski definition) is 2. The van der Waals surface area contributed by atoms with Gasteiger partial charge in [0, 0.05) is 26.2 Å². The van der Waals surface area contributed by atoms with Gasteiger partial charge in [-0.05, 0) is 19.8 Å². The molecule has 0 radical (unpaired) electrons. The normalized spacial score (nSPS) is 15.8. The van der Waals surface area contributed by atoms with Gasteiger partial charge in [-0.1, -0.05) is 0 Å². The van der Waals surface area contributed by atoms with E-state index in [1.165, 1.54) is 0 Å². The second-order valence-corrected chi connectivity index (χ2v) is 5.54. The summed E-state index contributed by atoms with van der Waals surface area (Å²) in [4.78, 5) is 22.2. The molecule has 0 unspecified atom stereocenters. The van der Waals surface area contributed by atoms with Crippen molar-refractivity contribution < 1.29 is 9.53 Å². The zero-order chi connectivity index (χ0) is 16.4. The third-order valence-corrected chi connectivity index (χ3v) is 3.98. The molecule has 1 aliphatic rings. The fourth-order valence-electron chi connectivity index (χ4n) is 2.71. The second-order valence-electron chi connectivity index (χ2n) is 5.54. The highest BCUT2D eigenvalue weighted by atomic mass is 16.6. The summed E-state index contributed by atoms with van der Waals surface area (Å²) in [7, 11) is 1.82. The van der Waals surface area contributed by atoms with Crippen LogP contribution in [-0.2, 0) is 11.8 Å². The number of carbonyl (C=O) groups is 1. The molecule has 3 N–H and O–H groups in total. The summed E-state index contributed by atoms with van der Waals surface area (Å²) in [5.41, 5.74) is 6.65. The average molecular weight is 319 g/mol. The van der Waals surface area contributed by atoms with E-state index in [0.29, 0.717) is 37.1 Å². The lowest BCUT2D eigenvalue weighted by Gasteiger charge is -2.31. The molecule has 0 aliphatic carbocycles. The molecule has 9 nitrogen and oxygen atoms in total. The van der Waals surface area contributed by atoms with E-state index >= 15 is 0 Å². The van der Waals surface area contributed by atoms with Crippen molar-refractivity contribution in [2.45, 2.75) is 25.8 Å². The van der Waals surface area contributed by atoms with Crippen LogP contribution in [-0.4, -0.2) is 56.5 Å². The Labute approximate surface area is 133 Å². The SMILES string of the molecule is CCOC(=O)N1CCC(Nc2nc(N)c3cnn(C)c3n2)CC1. The Morgan fingerprint density at radius 3 is 2.87 bits per heavy atom. The molecular weight excluding hydrogens is 298 g/mol. The Morgan fingerprint density at radius 2 is 2.17 bits per heavy atom. The number of rotatable bonds is 3.